The molecule has 1 saturated heterocycles. The van der Waals surface area contributed by atoms with Gasteiger partial charge in [0.05, 0.1) is 7.11 Å². The van der Waals surface area contributed by atoms with Crippen molar-refractivity contribution in [3.05, 3.63) is 64.9 Å². The maximum absolute atomic E-state index is 12.3. The third kappa shape index (κ3) is 3.80. The molecule has 2 amide bonds. The lowest BCUT2D eigenvalue weighted by Gasteiger charge is -2.11. The number of carbonyl (C=O) groups excluding carboxylic acids is 1. The average molecular weight is 379 g/mol. The number of methoxy groups -OCH3 is 1. The number of ether oxygens (including phenoxy) is 1. The van der Waals surface area contributed by atoms with Gasteiger partial charge in [-0.15, -0.1) is 11.3 Å². The molecule has 1 aromatic heterocycles. The van der Waals surface area contributed by atoms with E-state index in [2.05, 4.69) is 17.1 Å². The first-order valence-corrected chi connectivity index (χ1v) is 9.87. The van der Waals surface area contributed by atoms with E-state index < -0.39 is 0 Å². The Morgan fingerprint density at radius 3 is 2.26 bits per heavy atom. The summed E-state index contributed by atoms with van der Waals surface area (Å²) in [5.41, 5.74) is 3.25. The molecule has 3 aromatic rings. The van der Waals surface area contributed by atoms with E-state index in [0.717, 1.165) is 48.5 Å². The van der Waals surface area contributed by atoms with E-state index in [4.69, 9.17) is 4.74 Å². The topological polar surface area (TPSA) is 46.8 Å². The van der Waals surface area contributed by atoms with Gasteiger partial charge in [0.2, 0.25) is 0 Å². The van der Waals surface area contributed by atoms with E-state index in [9.17, 15) is 4.79 Å². The molecular formula is C21H21N3O2S. The summed E-state index contributed by atoms with van der Waals surface area (Å²) in [5, 5.41) is 1.95. The molecule has 0 radical (unpaired) electrons. The largest absolute Gasteiger partial charge is 0.497 e. The molecule has 27 heavy (non-hydrogen) atoms. The Bertz CT molecular complexity index is 981. The van der Waals surface area contributed by atoms with Crippen LogP contribution in [0.5, 0.6) is 5.75 Å². The Labute approximate surface area is 162 Å². The lowest BCUT2D eigenvalue weighted by atomic mass is 10.1. The zero-order valence-electron chi connectivity index (χ0n) is 15.2. The van der Waals surface area contributed by atoms with Crippen molar-refractivity contribution in [1.82, 2.24) is 9.47 Å². The first-order chi connectivity index (χ1) is 13.2. The molecule has 5 nitrogen and oxygen atoms in total. The standard InChI is InChI=1S/C21H21N3O2S/c1-26-19-10-6-17(7-11-19)16-4-8-18(9-5-16)24-14-15-27-21(24)22-20(25)23-12-2-3-13-23/h4-11,14-15H,2-3,12-13H2,1H3/b22-21-. The molecule has 0 aliphatic carbocycles. The summed E-state index contributed by atoms with van der Waals surface area (Å²) >= 11 is 1.47. The van der Waals surface area contributed by atoms with E-state index in [-0.39, 0.29) is 6.03 Å². The number of nitrogens with zero attached hydrogens (tertiary/aromatic N) is 3. The highest BCUT2D eigenvalue weighted by atomic mass is 32.1. The van der Waals surface area contributed by atoms with Gasteiger partial charge in [0.25, 0.3) is 0 Å². The Balaban J connectivity index is 1.59. The van der Waals surface area contributed by atoms with Crippen LogP contribution in [0.2, 0.25) is 0 Å². The summed E-state index contributed by atoms with van der Waals surface area (Å²) in [4.78, 5) is 19.2. The van der Waals surface area contributed by atoms with Crippen LogP contribution < -0.4 is 9.54 Å². The zero-order chi connectivity index (χ0) is 18.6. The second-order valence-electron chi connectivity index (χ2n) is 6.42. The van der Waals surface area contributed by atoms with Crippen LogP contribution in [0.1, 0.15) is 12.8 Å². The smallest absolute Gasteiger partial charge is 0.346 e. The molecule has 138 valence electrons. The van der Waals surface area contributed by atoms with Crippen molar-refractivity contribution in [3.8, 4) is 22.6 Å². The van der Waals surface area contributed by atoms with E-state index in [1.807, 2.05) is 57.4 Å². The molecule has 1 fully saturated rings. The summed E-state index contributed by atoms with van der Waals surface area (Å²) in [5.74, 6) is 0.845. The molecule has 1 aliphatic rings. The van der Waals surface area contributed by atoms with Gasteiger partial charge in [-0.2, -0.15) is 4.99 Å². The van der Waals surface area contributed by atoms with Gasteiger partial charge in [-0.25, -0.2) is 4.79 Å². The molecule has 4 rings (SSSR count). The third-order valence-corrected chi connectivity index (χ3v) is 5.48. The van der Waals surface area contributed by atoms with Crippen LogP contribution in [0.4, 0.5) is 4.79 Å². The Hall–Kier alpha value is -2.86. The molecule has 0 bridgehead atoms. The van der Waals surface area contributed by atoms with Crippen LogP contribution in [0.3, 0.4) is 0 Å². The number of hydrogen-bond acceptors (Lipinski definition) is 3. The fraction of sp³-hybridized carbons (Fsp3) is 0.238. The van der Waals surface area contributed by atoms with Gasteiger partial charge < -0.3 is 9.64 Å². The molecule has 0 N–H and O–H groups in total. The van der Waals surface area contributed by atoms with Crippen molar-refractivity contribution in [3.63, 3.8) is 0 Å². The molecule has 0 unspecified atom stereocenters. The lowest BCUT2D eigenvalue weighted by Crippen LogP contribution is -2.27. The molecule has 2 aromatic carbocycles. The second kappa shape index (κ2) is 7.80. The van der Waals surface area contributed by atoms with Crippen LogP contribution in [0.15, 0.2) is 65.1 Å². The molecular weight excluding hydrogens is 358 g/mol. The highest BCUT2D eigenvalue weighted by Gasteiger charge is 2.17. The Morgan fingerprint density at radius 1 is 1.00 bits per heavy atom. The number of urea groups is 1. The Kier molecular flexibility index (Phi) is 5.07. The maximum atomic E-state index is 12.3. The first-order valence-electron chi connectivity index (χ1n) is 8.99. The molecule has 6 heteroatoms. The lowest BCUT2D eigenvalue weighted by molar-refractivity contribution is 0.218. The molecule has 0 spiro atoms. The summed E-state index contributed by atoms with van der Waals surface area (Å²) < 4.78 is 7.17. The van der Waals surface area contributed by atoms with Gasteiger partial charge in [0.1, 0.15) is 5.75 Å². The summed E-state index contributed by atoms with van der Waals surface area (Å²) in [7, 11) is 1.67. The minimum Gasteiger partial charge on any atom is -0.497 e. The number of amides is 2. The van der Waals surface area contributed by atoms with E-state index >= 15 is 0 Å². The SMILES string of the molecule is COc1ccc(-c2ccc(-n3ccs/c3=N\C(=O)N3CCCC3)cc2)cc1. The predicted molar refractivity (Wildman–Crippen MR) is 107 cm³/mol. The maximum Gasteiger partial charge on any atom is 0.346 e. The summed E-state index contributed by atoms with van der Waals surface area (Å²) in [6, 6.07) is 16.1. The van der Waals surface area contributed by atoms with Crippen molar-refractivity contribution < 1.29 is 9.53 Å². The van der Waals surface area contributed by atoms with Crippen molar-refractivity contribution >= 4 is 17.4 Å². The summed E-state index contributed by atoms with van der Waals surface area (Å²) in [6.07, 6.45) is 4.08. The molecule has 1 aliphatic heterocycles. The summed E-state index contributed by atoms with van der Waals surface area (Å²) in [6.45, 7) is 1.62. The highest BCUT2D eigenvalue weighted by molar-refractivity contribution is 7.07. The van der Waals surface area contributed by atoms with Crippen LogP contribution in [0.25, 0.3) is 16.8 Å². The molecule has 0 atom stereocenters. The normalized spacial score (nSPS) is 14.6. The van der Waals surface area contributed by atoms with Crippen LogP contribution in [-0.2, 0) is 0 Å². The van der Waals surface area contributed by atoms with Crippen LogP contribution >= 0.6 is 11.3 Å². The van der Waals surface area contributed by atoms with Crippen molar-refractivity contribution in [2.24, 2.45) is 4.99 Å². The first kappa shape index (κ1) is 17.5. The number of thiazole rings is 1. The van der Waals surface area contributed by atoms with Crippen molar-refractivity contribution in [1.29, 1.82) is 0 Å². The van der Waals surface area contributed by atoms with Crippen LogP contribution in [0, 0.1) is 0 Å². The number of rotatable bonds is 3. The second-order valence-corrected chi connectivity index (χ2v) is 7.29. The van der Waals surface area contributed by atoms with Gasteiger partial charge >= 0.3 is 6.03 Å². The highest BCUT2D eigenvalue weighted by Crippen LogP contribution is 2.23. The van der Waals surface area contributed by atoms with Crippen molar-refractivity contribution in [2.75, 3.05) is 20.2 Å². The number of carbonyl (C=O) groups is 1. The monoisotopic (exact) mass is 379 g/mol. The number of benzene rings is 2. The fourth-order valence-corrected chi connectivity index (χ4v) is 3.92. The Morgan fingerprint density at radius 2 is 1.63 bits per heavy atom. The zero-order valence-corrected chi connectivity index (χ0v) is 16.0. The number of aromatic nitrogens is 1. The quantitative estimate of drug-likeness (QED) is 0.680. The van der Waals surface area contributed by atoms with Crippen LogP contribution in [-0.4, -0.2) is 35.7 Å². The molecule has 0 saturated carbocycles. The minimum atomic E-state index is -0.140. The third-order valence-electron chi connectivity index (χ3n) is 4.73. The van der Waals surface area contributed by atoms with Gasteiger partial charge in [-0.1, -0.05) is 24.3 Å². The van der Waals surface area contributed by atoms with Gasteiger partial charge in [0, 0.05) is 30.4 Å². The number of hydrogen-bond donors (Lipinski definition) is 0. The van der Waals surface area contributed by atoms with E-state index in [1.165, 1.54) is 11.3 Å². The van der Waals surface area contributed by atoms with Gasteiger partial charge in [0.15, 0.2) is 4.80 Å². The van der Waals surface area contributed by atoms with E-state index in [0.29, 0.717) is 4.80 Å². The number of likely N-dealkylation sites (tertiary alicyclic amines) is 1. The fourth-order valence-electron chi connectivity index (χ4n) is 3.21. The van der Waals surface area contributed by atoms with E-state index in [1.54, 1.807) is 7.11 Å². The molecule has 2 heterocycles. The minimum absolute atomic E-state index is 0.140. The predicted octanol–water partition coefficient (Wildman–Crippen LogP) is 4.33. The average Bonchev–Trinajstić information content (AvgIpc) is 3.40. The van der Waals surface area contributed by atoms with Gasteiger partial charge in [-0.05, 0) is 48.2 Å². The van der Waals surface area contributed by atoms with Crippen molar-refractivity contribution in [2.45, 2.75) is 12.8 Å². The van der Waals surface area contributed by atoms with Gasteiger partial charge in [-0.3, -0.25) is 4.57 Å².